The van der Waals surface area contributed by atoms with Crippen molar-refractivity contribution < 1.29 is 43.0 Å². The summed E-state index contributed by atoms with van der Waals surface area (Å²) >= 11 is 3.25. The third kappa shape index (κ3) is 20.2. The van der Waals surface area contributed by atoms with Crippen molar-refractivity contribution in [3.8, 4) is 0 Å². The van der Waals surface area contributed by atoms with Gasteiger partial charge in [0.25, 0.3) is 5.91 Å². The summed E-state index contributed by atoms with van der Waals surface area (Å²) in [6.45, 7) is 13.6. The molecule has 0 bridgehead atoms. The number of aromatic nitrogens is 2. The molecule has 310 valence electrons. The van der Waals surface area contributed by atoms with Crippen molar-refractivity contribution in [2.45, 2.75) is 121 Å². The van der Waals surface area contributed by atoms with Crippen LogP contribution >= 0.6 is 23.5 Å². The Hall–Kier alpha value is -3.68. The number of carbonyl (C=O) groups excluding carboxylic acids is 6. The molecule has 1 saturated carbocycles. The number of nitrogens with zero attached hydrogens (tertiary/aromatic N) is 1. The molecule has 0 saturated heterocycles. The first kappa shape index (κ1) is 47.5. The Morgan fingerprint density at radius 2 is 1.42 bits per heavy atom. The Kier molecular flexibility index (Phi) is 20.8. The zero-order valence-corrected chi connectivity index (χ0v) is 34.6. The molecule has 4 amide bonds. The highest BCUT2D eigenvalue weighted by atomic mass is 32.2. The van der Waals surface area contributed by atoms with Crippen LogP contribution < -0.4 is 32.3 Å². The van der Waals surface area contributed by atoms with E-state index in [-0.39, 0.29) is 84.4 Å². The van der Waals surface area contributed by atoms with E-state index in [1.165, 1.54) is 12.3 Å². The lowest BCUT2D eigenvalue weighted by molar-refractivity contribution is -0.147. The first-order valence-corrected chi connectivity index (χ1v) is 20.7. The fourth-order valence-corrected chi connectivity index (χ4v) is 8.32. The summed E-state index contributed by atoms with van der Waals surface area (Å²) in [5.74, 6) is -1.85. The minimum atomic E-state index is -0.885. The monoisotopic (exact) mass is 813 g/mol. The highest BCUT2D eigenvalue weighted by Crippen LogP contribution is 2.40. The minimum Gasteiger partial charge on any atom is -0.466 e. The van der Waals surface area contributed by atoms with Crippen molar-refractivity contribution >= 4 is 64.9 Å². The zero-order chi connectivity index (χ0) is 41.0. The fourth-order valence-electron chi connectivity index (χ4n) is 5.19. The third-order valence-electron chi connectivity index (χ3n) is 8.04. The lowest BCUT2D eigenvalue weighted by atomic mass is 9.99. The number of hydrogen-bond acceptors (Lipinski definition) is 14. The van der Waals surface area contributed by atoms with Crippen LogP contribution in [0.5, 0.6) is 0 Å². The summed E-state index contributed by atoms with van der Waals surface area (Å²) < 4.78 is 15.6. The molecular weight excluding hydrogens is 755 g/mol. The zero-order valence-electron chi connectivity index (χ0n) is 33.0. The number of amides is 4. The lowest BCUT2D eigenvalue weighted by Gasteiger charge is -2.37. The molecule has 1 aromatic rings. The smallest absolute Gasteiger partial charge is 0.346 e. The molecule has 19 heteroatoms. The Labute approximate surface area is 331 Å². The number of ether oxygens (including phenoxy) is 3. The van der Waals surface area contributed by atoms with Crippen molar-refractivity contribution in [3.63, 3.8) is 0 Å². The summed E-state index contributed by atoms with van der Waals surface area (Å²) in [6, 6.07) is -0.0104. The van der Waals surface area contributed by atoms with Gasteiger partial charge in [0, 0.05) is 59.9 Å². The Morgan fingerprint density at radius 1 is 0.836 bits per heavy atom. The number of H-pyrrole nitrogens is 1. The van der Waals surface area contributed by atoms with E-state index in [4.69, 9.17) is 14.2 Å². The highest BCUT2D eigenvalue weighted by Gasteiger charge is 2.35. The quantitative estimate of drug-likeness (QED) is 0.0771. The molecule has 1 aliphatic carbocycles. The Bertz CT molecular complexity index is 1490. The van der Waals surface area contributed by atoms with Crippen LogP contribution in [0, 0.1) is 0 Å². The van der Waals surface area contributed by atoms with E-state index in [1.807, 2.05) is 41.5 Å². The van der Waals surface area contributed by atoms with Gasteiger partial charge in [-0.05, 0) is 73.8 Å². The number of aromatic amines is 1. The summed E-state index contributed by atoms with van der Waals surface area (Å²) in [6.07, 6.45) is 3.53. The second-order valence-corrected chi connectivity index (χ2v) is 17.0. The molecule has 4 unspecified atom stereocenters. The molecule has 1 heterocycles. The summed E-state index contributed by atoms with van der Waals surface area (Å²) in [4.78, 5) is 92.6. The van der Waals surface area contributed by atoms with E-state index in [2.05, 4.69) is 36.6 Å². The number of rotatable bonds is 25. The molecule has 6 N–H and O–H groups in total. The number of carbonyl (C=O) groups is 6. The fraction of sp³-hybridized carbons (Fsp3) is 0.722. The first-order chi connectivity index (χ1) is 25.9. The number of anilines is 1. The van der Waals surface area contributed by atoms with E-state index in [1.54, 1.807) is 30.4 Å². The number of hydrogen-bond donors (Lipinski definition) is 6. The lowest BCUT2D eigenvalue weighted by Crippen LogP contribution is -2.53. The second-order valence-electron chi connectivity index (χ2n) is 14.5. The number of nitrogens with one attached hydrogen (secondary N) is 6. The van der Waals surface area contributed by atoms with Gasteiger partial charge in [-0.25, -0.2) is 9.78 Å². The van der Waals surface area contributed by atoms with Crippen molar-refractivity contribution in [2.24, 2.45) is 0 Å². The van der Waals surface area contributed by atoms with Crippen LogP contribution in [0.3, 0.4) is 0 Å². The summed E-state index contributed by atoms with van der Waals surface area (Å²) in [5, 5.41) is 14.5. The SMILES string of the molecule is CCOC(=O)CCNC(=O)C(CSC1CCC1SCC(NC(=O)CCC(C)(C)OCC)C(=O)NCCC(=O)OCC(=O)Nc1ccnc(=O)[nH]1)NC(C)(C)C. The largest absolute Gasteiger partial charge is 0.466 e. The molecule has 4 atom stereocenters. The van der Waals surface area contributed by atoms with Gasteiger partial charge in [-0.2, -0.15) is 23.5 Å². The third-order valence-corrected chi connectivity index (χ3v) is 11.3. The van der Waals surface area contributed by atoms with Gasteiger partial charge < -0.3 is 40.8 Å². The molecule has 0 spiro atoms. The van der Waals surface area contributed by atoms with Crippen LogP contribution in [0.1, 0.15) is 87.0 Å². The van der Waals surface area contributed by atoms with E-state index >= 15 is 0 Å². The van der Waals surface area contributed by atoms with Crippen LogP contribution in [-0.4, -0.2) is 124 Å². The molecule has 0 radical (unpaired) electrons. The van der Waals surface area contributed by atoms with Crippen molar-refractivity contribution in [3.05, 3.63) is 22.7 Å². The summed E-state index contributed by atoms with van der Waals surface area (Å²) in [5.41, 5.74) is -1.49. The van der Waals surface area contributed by atoms with Crippen LogP contribution in [-0.2, 0) is 43.0 Å². The van der Waals surface area contributed by atoms with Gasteiger partial charge in [-0.15, -0.1) is 0 Å². The van der Waals surface area contributed by atoms with Gasteiger partial charge in [0.05, 0.1) is 31.1 Å². The maximum atomic E-state index is 13.3. The molecule has 55 heavy (non-hydrogen) atoms. The van der Waals surface area contributed by atoms with Gasteiger partial charge in [-0.3, -0.25) is 33.8 Å². The number of thioether (sulfide) groups is 2. The minimum absolute atomic E-state index is 0.0860. The maximum absolute atomic E-state index is 13.3. The van der Waals surface area contributed by atoms with E-state index in [0.717, 1.165) is 12.8 Å². The normalized spacial score (nSPS) is 16.5. The van der Waals surface area contributed by atoms with Crippen LogP contribution in [0.25, 0.3) is 0 Å². The highest BCUT2D eigenvalue weighted by molar-refractivity contribution is 8.04. The van der Waals surface area contributed by atoms with Crippen LogP contribution in [0.15, 0.2) is 17.1 Å². The molecule has 0 aliphatic heterocycles. The standard InChI is InChI=1S/C36H59N7O10S2/c1-8-51-30(46)14-18-38-33(49)24(43-35(3,4)5)22-55-26-11-10-25(26)54-21-23(40-28(44)12-16-36(6,7)53-9-2)32(48)37-19-15-31(47)52-20-29(45)41-27-13-17-39-34(50)42-27/h13,17,23-26,43H,8-12,14-16,18-22H2,1-7H3,(H,37,48)(H,38,49)(H,40,44)(H2,39,41,42,45,50). The molecule has 2 rings (SSSR count). The molecule has 1 fully saturated rings. The average molecular weight is 814 g/mol. The first-order valence-electron chi connectivity index (χ1n) is 18.6. The average Bonchev–Trinajstić information content (AvgIpc) is 3.08. The van der Waals surface area contributed by atoms with E-state index in [9.17, 15) is 33.6 Å². The molecular formula is C36H59N7O10S2. The van der Waals surface area contributed by atoms with E-state index < -0.39 is 47.8 Å². The van der Waals surface area contributed by atoms with Gasteiger partial charge >= 0.3 is 17.6 Å². The van der Waals surface area contributed by atoms with Crippen molar-refractivity contribution in [1.82, 2.24) is 31.2 Å². The van der Waals surface area contributed by atoms with Gasteiger partial charge in [0.15, 0.2) is 6.61 Å². The molecule has 17 nitrogen and oxygen atoms in total. The van der Waals surface area contributed by atoms with Crippen molar-refractivity contribution in [2.75, 3.05) is 49.7 Å². The Morgan fingerprint density at radius 3 is 1.96 bits per heavy atom. The Balaban J connectivity index is 1.94. The van der Waals surface area contributed by atoms with E-state index in [0.29, 0.717) is 18.8 Å². The maximum Gasteiger partial charge on any atom is 0.346 e. The van der Waals surface area contributed by atoms with Crippen LogP contribution in [0.2, 0.25) is 0 Å². The topological polar surface area (TPSA) is 236 Å². The molecule has 0 aromatic carbocycles. The molecule has 1 aromatic heterocycles. The number of esters is 2. The van der Waals surface area contributed by atoms with Gasteiger partial charge in [-0.1, -0.05) is 0 Å². The predicted octanol–water partition coefficient (Wildman–Crippen LogP) is 1.66. The predicted molar refractivity (Wildman–Crippen MR) is 212 cm³/mol. The van der Waals surface area contributed by atoms with Gasteiger partial charge in [0.1, 0.15) is 11.9 Å². The summed E-state index contributed by atoms with van der Waals surface area (Å²) in [7, 11) is 0. The second kappa shape index (κ2) is 24.1. The van der Waals surface area contributed by atoms with Crippen molar-refractivity contribution in [1.29, 1.82) is 0 Å². The van der Waals surface area contributed by atoms with Crippen LogP contribution in [0.4, 0.5) is 5.82 Å². The van der Waals surface area contributed by atoms with Gasteiger partial charge in [0.2, 0.25) is 17.7 Å². The molecule has 1 aliphatic rings.